The smallest absolute Gasteiger partial charge is 0.360 e. The van der Waals surface area contributed by atoms with E-state index in [1.165, 1.54) is 17.8 Å². The van der Waals surface area contributed by atoms with Crippen LogP contribution in [0.2, 0.25) is 0 Å². The molecule has 1 saturated heterocycles. The highest BCUT2D eigenvalue weighted by Crippen LogP contribution is 2.40. The number of aromatic nitrogens is 3. The van der Waals surface area contributed by atoms with Crippen molar-refractivity contribution in [1.29, 1.82) is 0 Å². The second-order valence-electron chi connectivity index (χ2n) is 6.05. The van der Waals surface area contributed by atoms with E-state index in [2.05, 4.69) is 20.7 Å². The zero-order valence-corrected chi connectivity index (χ0v) is 15.0. The number of benzene rings is 1. The summed E-state index contributed by atoms with van der Waals surface area (Å²) >= 11 is 3.17. The number of hydrogen-bond acceptors (Lipinski definition) is 6. The van der Waals surface area contributed by atoms with Gasteiger partial charge in [0.15, 0.2) is 0 Å². The van der Waals surface area contributed by atoms with E-state index >= 15 is 0 Å². The Kier molecular flexibility index (Phi) is 4.06. The van der Waals surface area contributed by atoms with E-state index in [-0.39, 0.29) is 0 Å². The van der Waals surface area contributed by atoms with Gasteiger partial charge in [-0.3, -0.25) is 0 Å². The summed E-state index contributed by atoms with van der Waals surface area (Å²) in [5.41, 5.74) is -0.221. The van der Waals surface area contributed by atoms with Gasteiger partial charge in [0.25, 0.3) is 0 Å². The van der Waals surface area contributed by atoms with Gasteiger partial charge in [-0.2, -0.15) is 34.6 Å². The molecule has 0 radical (unpaired) electrons. The summed E-state index contributed by atoms with van der Waals surface area (Å²) in [4.78, 5) is 4.48. The number of halogens is 3. The molecule has 2 N–H and O–H groups in total. The van der Waals surface area contributed by atoms with Gasteiger partial charge >= 0.3 is 6.18 Å². The molecular formula is C15H16F3N5S2. The minimum absolute atomic E-state index is 0.418. The lowest BCUT2D eigenvalue weighted by molar-refractivity contribution is -0.137. The van der Waals surface area contributed by atoms with Crippen LogP contribution in [0.5, 0.6) is 0 Å². The van der Waals surface area contributed by atoms with Gasteiger partial charge in [0.05, 0.1) is 16.9 Å². The number of thioether (sulfide) groups is 2. The molecule has 1 aromatic heterocycles. The zero-order valence-electron chi connectivity index (χ0n) is 13.4. The molecule has 5 nitrogen and oxygen atoms in total. The van der Waals surface area contributed by atoms with Crippen LogP contribution < -0.4 is 10.6 Å². The van der Waals surface area contributed by atoms with Crippen LogP contribution in [-0.4, -0.2) is 38.2 Å². The summed E-state index contributed by atoms with van der Waals surface area (Å²) in [5, 5.41) is 11.7. The highest BCUT2D eigenvalue weighted by atomic mass is 32.2. The number of anilines is 2. The third-order valence-electron chi connectivity index (χ3n) is 4.29. The van der Waals surface area contributed by atoms with Gasteiger partial charge in [0.1, 0.15) is 5.66 Å². The van der Waals surface area contributed by atoms with Crippen molar-refractivity contribution in [2.45, 2.75) is 29.8 Å². The van der Waals surface area contributed by atoms with Crippen LogP contribution in [0, 0.1) is 0 Å². The van der Waals surface area contributed by atoms with Crippen LogP contribution in [0.25, 0.3) is 5.69 Å². The lowest BCUT2D eigenvalue weighted by atomic mass is 10.0. The highest BCUT2D eigenvalue weighted by molar-refractivity contribution is 7.99. The maximum absolute atomic E-state index is 13.2. The molecule has 0 bridgehead atoms. The number of alkyl halides is 3. The van der Waals surface area contributed by atoms with E-state index in [9.17, 15) is 13.2 Å². The summed E-state index contributed by atoms with van der Waals surface area (Å²) in [6.07, 6.45) is -0.743. The molecule has 1 unspecified atom stereocenters. The molecule has 2 aromatic rings. The quantitative estimate of drug-likeness (QED) is 0.720. The molecule has 1 atom stereocenters. The maximum Gasteiger partial charge on any atom is 0.416 e. The third-order valence-corrected chi connectivity index (χ3v) is 6.10. The molecule has 0 aliphatic carbocycles. The normalized spacial score (nSPS) is 22.6. The first-order chi connectivity index (χ1) is 11.9. The van der Waals surface area contributed by atoms with Crippen LogP contribution in [0.15, 0.2) is 23.4 Å². The van der Waals surface area contributed by atoms with Crippen molar-refractivity contribution >= 4 is 35.2 Å². The van der Waals surface area contributed by atoms with Gasteiger partial charge < -0.3 is 10.6 Å². The van der Waals surface area contributed by atoms with Crippen LogP contribution in [0.4, 0.5) is 24.8 Å². The maximum atomic E-state index is 13.2. The molecular weight excluding hydrogens is 371 g/mol. The van der Waals surface area contributed by atoms with E-state index in [1.54, 1.807) is 16.4 Å². The average molecular weight is 387 g/mol. The van der Waals surface area contributed by atoms with Crippen molar-refractivity contribution in [3.8, 4) is 5.69 Å². The summed E-state index contributed by atoms with van der Waals surface area (Å²) in [6.45, 7) is 0. The predicted molar refractivity (Wildman–Crippen MR) is 94.7 cm³/mol. The molecule has 0 saturated carbocycles. The number of nitrogens with zero attached hydrogens (tertiary/aromatic N) is 3. The number of fused-ring (bicyclic) bond motifs is 3. The van der Waals surface area contributed by atoms with Crippen LogP contribution >= 0.6 is 23.5 Å². The third kappa shape index (κ3) is 3.05. The van der Waals surface area contributed by atoms with Gasteiger partial charge in [-0.25, -0.2) is 0 Å². The number of rotatable bonds is 1. The minimum atomic E-state index is -4.39. The lowest BCUT2D eigenvalue weighted by Gasteiger charge is -2.38. The molecule has 10 heteroatoms. The Hall–Kier alpha value is -1.55. The standard InChI is InChI=1S/C15H16F3N5S2/c1-24-13-19-12-21-14(5-2-6-25-8-14)20-10-7-9(15(16,17)18)3-4-11(10)23(12)22-13/h3-4,7,20H,2,5-6,8H2,1H3,(H,19,21,22). The van der Waals surface area contributed by atoms with Crippen molar-refractivity contribution < 1.29 is 13.2 Å². The molecule has 25 heavy (non-hydrogen) atoms. The van der Waals surface area contributed by atoms with Crippen molar-refractivity contribution in [2.24, 2.45) is 0 Å². The molecule has 1 aromatic carbocycles. The molecule has 4 rings (SSSR count). The van der Waals surface area contributed by atoms with E-state index < -0.39 is 17.4 Å². The van der Waals surface area contributed by atoms with Crippen molar-refractivity contribution in [3.05, 3.63) is 23.8 Å². The minimum Gasteiger partial charge on any atom is -0.360 e. The molecule has 0 amide bonds. The predicted octanol–water partition coefficient (Wildman–Crippen LogP) is 4.07. The Morgan fingerprint density at radius 1 is 1.32 bits per heavy atom. The van der Waals surface area contributed by atoms with Crippen molar-refractivity contribution in [1.82, 2.24) is 14.8 Å². The van der Waals surface area contributed by atoms with Crippen molar-refractivity contribution in [3.63, 3.8) is 0 Å². The molecule has 2 aliphatic heterocycles. The Balaban J connectivity index is 1.88. The number of nitrogens with one attached hydrogen (secondary N) is 2. The molecule has 134 valence electrons. The molecule has 1 spiro atoms. The topological polar surface area (TPSA) is 54.8 Å². The van der Waals surface area contributed by atoms with Gasteiger partial charge in [-0.1, -0.05) is 11.8 Å². The van der Waals surface area contributed by atoms with E-state index in [0.717, 1.165) is 36.5 Å². The van der Waals surface area contributed by atoms with Gasteiger partial charge in [0.2, 0.25) is 11.1 Å². The SMILES string of the molecule is CSc1nc2n(n1)-c1ccc(C(F)(F)F)cc1NC1(CCCSC1)N2. The van der Waals surface area contributed by atoms with E-state index in [1.807, 2.05) is 6.26 Å². The second-order valence-corrected chi connectivity index (χ2v) is 7.93. The summed E-state index contributed by atoms with van der Waals surface area (Å²) in [6, 6.07) is 3.69. The first kappa shape index (κ1) is 16.9. The van der Waals surface area contributed by atoms with Gasteiger partial charge in [0, 0.05) is 5.75 Å². The number of hydrogen-bond donors (Lipinski definition) is 2. The monoisotopic (exact) mass is 387 g/mol. The lowest BCUT2D eigenvalue weighted by Crippen LogP contribution is -2.50. The molecule has 1 fully saturated rings. The van der Waals surface area contributed by atoms with Crippen LogP contribution in [0.3, 0.4) is 0 Å². The molecule has 2 aliphatic rings. The van der Waals surface area contributed by atoms with Gasteiger partial charge in [-0.15, -0.1) is 5.10 Å². The van der Waals surface area contributed by atoms with E-state index in [4.69, 9.17) is 0 Å². The fourth-order valence-electron chi connectivity index (χ4n) is 3.12. The summed E-state index contributed by atoms with van der Waals surface area (Å²) in [7, 11) is 0. The van der Waals surface area contributed by atoms with Crippen LogP contribution in [0.1, 0.15) is 18.4 Å². The Morgan fingerprint density at radius 2 is 2.16 bits per heavy atom. The first-order valence-corrected chi connectivity index (χ1v) is 10.1. The second kappa shape index (κ2) is 6.01. The Bertz CT molecular complexity index is 799. The van der Waals surface area contributed by atoms with Gasteiger partial charge in [-0.05, 0) is 43.0 Å². The fourth-order valence-corrected chi connectivity index (χ4v) is 4.59. The van der Waals surface area contributed by atoms with E-state index in [0.29, 0.717) is 22.5 Å². The Labute approximate surface area is 151 Å². The van der Waals surface area contributed by atoms with Crippen molar-refractivity contribution in [2.75, 3.05) is 28.4 Å². The fraction of sp³-hybridized carbons (Fsp3) is 0.467. The highest BCUT2D eigenvalue weighted by Gasteiger charge is 2.39. The largest absolute Gasteiger partial charge is 0.416 e. The first-order valence-electron chi connectivity index (χ1n) is 7.77. The Morgan fingerprint density at radius 3 is 2.84 bits per heavy atom. The molecule has 3 heterocycles. The summed E-state index contributed by atoms with van der Waals surface area (Å²) in [5.74, 6) is 2.34. The summed E-state index contributed by atoms with van der Waals surface area (Å²) < 4.78 is 41.1. The zero-order chi connectivity index (χ0) is 17.7. The average Bonchev–Trinajstić information content (AvgIpc) is 2.92. The van der Waals surface area contributed by atoms with Crippen LogP contribution in [-0.2, 0) is 6.18 Å².